The van der Waals surface area contributed by atoms with Crippen molar-refractivity contribution in [1.29, 1.82) is 0 Å². The van der Waals surface area contributed by atoms with Crippen LogP contribution in [0.15, 0.2) is 33.7 Å². The van der Waals surface area contributed by atoms with Gasteiger partial charge in [0.2, 0.25) is 0 Å². The quantitative estimate of drug-likeness (QED) is 0.371. The number of hydrogen-bond donors (Lipinski definition) is 2. The Morgan fingerprint density at radius 1 is 1.43 bits per heavy atom. The van der Waals surface area contributed by atoms with Crippen LogP contribution in [0.3, 0.4) is 0 Å². The first kappa shape index (κ1) is 20.5. The lowest BCUT2D eigenvalue weighted by Crippen LogP contribution is -2.41. The maximum Gasteiger partial charge on any atom is 0.191 e. The molecule has 2 N–H and O–H groups in total. The van der Waals surface area contributed by atoms with Crippen LogP contribution in [-0.4, -0.2) is 38.2 Å². The van der Waals surface area contributed by atoms with Gasteiger partial charge in [-0.15, -0.1) is 24.0 Å². The van der Waals surface area contributed by atoms with E-state index in [1.54, 1.807) is 0 Å². The molecule has 4 nitrogen and oxygen atoms in total. The molecule has 1 aromatic carbocycles. The van der Waals surface area contributed by atoms with E-state index in [1.807, 2.05) is 0 Å². The molecule has 6 heteroatoms. The number of nitrogens with zero attached hydrogens (tertiary/aromatic N) is 2. The predicted molar refractivity (Wildman–Crippen MR) is 114 cm³/mol. The van der Waals surface area contributed by atoms with Gasteiger partial charge in [-0.1, -0.05) is 22.0 Å². The minimum absolute atomic E-state index is 0. The molecule has 1 aliphatic heterocycles. The van der Waals surface area contributed by atoms with Gasteiger partial charge < -0.3 is 15.5 Å². The van der Waals surface area contributed by atoms with Crippen molar-refractivity contribution < 1.29 is 0 Å². The molecule has 1 aromatic rings. The maximum absolute atomic E-state index is 4.74. The molecule has 1 aliphatic rings. The van der Waals surface area contributed by atoms with E-state index in [-0.39, 0.29) is 24.0 Å². The zero-order valence-corrected chi connectivity index (χ0v) is 18.1. The van der Waals surface area contributed by atoms with Crippen LogP contribution in [0.2, 0.25) is 0 Å². The molecule has 1 heterocycles. The van der Waals surface area contributed by atoms with Crippen LogP contribution in [0.25, 0.3) is 0 Å². The summed E-state index contributed by atoms with van der Waals surface area (Å²) in [6.45, 7) is 10.3. The molecule has 1 saturated heterocycles. The van der Waals surface area contributed by atoms with Crippen LogP contribution < -0.4 is 15.5 Å². The molecule has 0 bridgehead atoms. The summed E-state index contributed by atoms with van der Waals surface area (Å²) in [5, 5.41) is 6.68. The lowest BCUT2D eigenvalue weighted by molar-refractivity contribution is 0.595. The average Bonchev–Trinajstić information content (AvgIpc) is 2.93. The Labute approximate surface area is 165 Å². The normalized spacial score (nSPS) is 18.0. The SMILES string of the molecule is CCNC(=NCC1CCN(c2cccc(Br)c2)C1)NC(C)C.I. The van der Waals surface area contributed by atoms with E-state index >= 15 is 0 Å². The van der Waals surface area contributed by atoms with Gasteiger partial charge in [0.25, 0.3) is 0 Å². The second-order valence-electron chi connectivity index (χ2n) is 6.10. The summed E-state index contributed by atoms with van der Waals surface area (Å²) < 4.78 is 1.14. The predicted octanol–water partition coefficient (Wildman–Crippen LogP) is 3.86. The Kier molecular flexibility index (Phi) is 9.27. The molecule has 1 atom stereocenters. The van der Waals surface area contributed by atoms with Gasteiger partial charge in [-0.2, -0.15) is 0 Å². The van der Waals surface area contributed by atoms with Crippen molar-refractivity contribution in [3.63, 3.8) is 0 Å². The Balaban J connectivity index is 0.00000264. The van der Waals surface area contributed by atoms with Crippen LogP contribution in [0.1, 0.15) is 27.2 Å². The first-order chi connectivity index (χ1) is 10.6. The van der Waals surface area contributed by atoms with Gasteiger partial charge in [-0.05, 0) is 51.3 Å². The summed E-state index contributed by atoms with van der Waals surface area (Å²) in [6.07, 6.45) is 1.21. The van der Waals surface area contributed by atoms with Gasteiger partial charge in [0.1, 0.15) is 0 Å². The largest absolute Gasteiger partial charge is 0.371 e. The van der Waals surface area contributed by atoms with E-state index in [4.69, 9.17) is 4.99 Å². The second-order valence-corrected chi connectivity index (χ2v) is 7.01. The molecule has 0 amide bonds. The van der Waals surface area contributed by atoms with Gasteiger partial charge in [0, 0.05) is 42.4 Å². The first-order valence-electron chi connectivity index (χ1n) is 8.14. The number of aliphatic imine (C=N–C) groups is 1. The molecule has 0 saturated carbocycles. The van der Waals surface area contributed by atoms with Crippen LogP contribution in [0.4, 0.5) is 5.69 Å². The van der Waals surface area contributed by atoms with Gasteiger partial charge in [-0.3, -0.25) is 4.99 Å². The fraction of sp³-hybridized carbons (Fsp3) is 0.588. The zero-order chi connectivity index (χ0) is 15.9. The van der Waals surface area contributed by atoms with Crippen LogP contribution in [-0.2, 0) is 0 Å². The lowest BCUT2D eigenvalue weighted by Gasteiger charge is -2.19. The standard InChI is InChI=1S/C17H27BrN4.HI/c1-4-19-17(21-13(2)3)20-11-14-8-9-22(12-14)16-7-5-6-15(18)10-16;/h5-7,10,13-14H,4,8-9,11-12H2,1-3H3,(H2,19,20,21);1H. The maximum atomic E-state index is 4.74. The summed E-state index contributed by atoms with van der Waals surface area (Å²) in [5.41, 5.74) is 1.30. The van der Waals surface area contributed by atoms with E-state index in [9.17, 15) is 0 Å². The highest BCUT2D eigenvalue weighted by Crippen LogP contribution is 2.26. The summed E-state index contributed by atoms with van der Waals surface area (Å²) in [7, 11) is 0. The third kappa shape index (κ3) is 6.87. The van der Waals surface area contributed by atoms with Crippen LogP contribution in [0, 0.1) is 5.92 Å². The van der Waals surface area contributed by atoms with Crippen molar-refractivity contribution in [2.45, 2.75) is 33.2 Å². The fourth-order valence-corrected chi connectivity index (χ4v) is 3.09. The molecule has 130 valence electrons. The van der Waals surface area contributed by atoms with Gasteiger partial charge in [-0.25, -0.2) is 0 Å². The molecular formula is C17H28BrIN4. The van der Waals surface area contributed by atoms with Crippen molar-refractivity contribution in [3.05, 3.63) is 28.7 Å². The Morgan fingerprint density at radius 2 is 2.22 bits per heavy atom. The zero-order valence-electron chi connectivity index (χ0n) is 14.2. The summed E-state index contributed by atoms with van der Waals surface area (Å²) in [4.78, 5) is 7.19. The number of halogens is 2. The monoisotopic (exact) mass is 494 g/mol. The van der Waals surface area contributed by atoms with Crippen molar-refractivity contribution >= 4 is 51.6 Å². The molecule has 0 aromatic heterocycles. The first-order valence-corrected chi connectivity index (χ1v) is 8.93. The summed E-state index contributed by atoms with van der Waals surface area (Å²) >= 11 is 3.55. The molecule has 1 unspecified atom stereocenters. The third-order valence-electron chi connectivity index (χ3n) is 3.74. The summed E-state index contributed by atoms with van der Waals surface area (Å²) in [6, 6.07) is 8.94. The average molecular weight is 495 g/mol. The molecular weight excluding hydrogens is 467 g/mol. The molecule has 23 heavy (non-hydrogen) atoms. The number of nitrogens with one attached hydrogen (secondary N) is 2. The van der Waals surface area contributed by atoms with E-state index in [0.717, 1.165) is 36.6 Å². The Hall–Kier alpha value is -0.500. The molecule has 2 rings (SSSR count). The minimum Gasteiger partial charge on any atom is -0.371 e. The van der Waals surface area contributed by atoms with Crippen molar-refractivity contribution in [3.8, 4) is 0 Å². The molecule has 0 radical (unpaired) electrons. The number of hydrogen-bond acceptors (Lipinski definition) is 2. The third-order valence-corrected chi connectivity index (χ3v) is 4.23. The van der Waals surface area contributed by atoms with Crippen molar-refractivity contribution in [1.82, 2.24) is 10.6 Å². The lowest BCUT2D eigenvalue weighted by atomic mass is 10.1. The number of guanidine groups is 1. The number of anilines is 1. The summed E-state index contributed by atoms with van der Waals surface area (Å²) in [5.74, 6) is 1.56. The minimum atomic E-state index is 0. The van der Waals surface area contributed by atoms with Gasteiger partial charge in [0.05, 0.1) is 0 Å². The highest BCUT2D eigenvalue weighted by Gasteiger charge is 2.22. The molecule has 1 fully saturated rings. The molecule has 0 spiro atoms. The van der Waals surface area contributed by atoms with E-state index in [0.29, 0.717) is 12.0 Å². The van der Waals surface area contributed by atoms with Gasteiger partial charge in [0.15, 0.2) is 5.96 Å². The van der Waals surface area contributed by atoms with Crippen LogP contribution in [0.5, 0.6) is 0 Å². The Morgan fingerprint density at radius 3 is 2.87 bits per heavy atom. The van der Waals surface area contributed by atoms with Crippen LogP contribution >= 0.6 is 39.9 Å². The topological polar surface area (TPSA) is 39.7 Å². The highest BCUT2D eigenvalue weighted by atomic mass is 127. The second kappa shape index (κ2) is 10.4. The van der Waals surface area contributed by atoms with E-state index in [1.165, 1.54) is 12.1 Å². The van der Waals surface area contributed by atoms with Crippen molar-refractivity contribution in [2.24, 2.45) is 10.9 Å². The smallest absolute Gasteiger partial charge is 0.191 e. The molecule has 0 aliphatic carbocycles. The highest BCUT2D eigenvalue weighted by molar-refractivity contribution is 14.0. The van der Waals surface area contributed by atoms with Crippen molar-refractivity contribution in [2.75, 3.05) is 31.1 Å². The number of rotatable bonds is 5. The fourth-order valence-electron chi connectivity index (χ4n) is 2.70. The van der Waals surface area contributed by atoms with Gasteiger partial charge >= 0.3 is 0 Å². The van der Waals surface area contributed by atoms with E-state index in [2.05, 4.69) is 76.5 Å². The number of benzene rings is 1. The Bertz CT molecular complexity index is 507. The van der Waals surface area contributed by atoms with E-state index < -0.39 is 0 Å².